The van der Waals surface area contributed by atoms with Crippen molar-refractivity contribution in [1.29, 1.82) is 0 Å². The maximum absolute atomic E-state index is 12.7. The summed E-state index contributed by atoms with van der Waals surface area (Å²) in [4.78, 5) is 12.7. The molecule has 0 bridgehead atoms. The minimum absolute atomic E-state index is 0.143. The van der Waals surface area contributed by atoms with Crippen LogP contribution in [0.2, 0.25) is 0 Å². The first-order valence-electron chi connectivity index (χ1n) is 10.4. The number of carbonyl (C=O) groups excluding carboxylic acids is 1. The Hall–Kier alpha value is -3.01. The molecule has 1 amide bonds. The molecule has 29 heavy (non-hydrogen) atoms. The van der Waals surface area contributed by atoms with E-state index in [2.05, 4.69) is 29.6 Å². The molecular weight excluding hydrogens is 362 g/mol. The number of rotatable bonds is 4. The smallest absolute Gasteiger partial charge is 0.287 e. The van der Waals surface area contributed by atoms with E-state index in [4.69, 9.17) is 9.15 Å². The molecule has 5 rings (SSSR count). The Morgan fingerprint density at radius 1 is 1.10 bits per heavy atom. The Bertz CT molecular complexity index is 1090. The van der Waals surface area contributed by atoms with Crippen LogP contribution < -0.4 is 10.1 Å². The molecule has 1 aromatic heterocycles. The van der Waals surface area contributed by atoms with Crippen molar-refractivity contribution >= 4 is 23.0 Å². The number of fused-ring (bicyclic) bond motifs is 3. The summed E-state index contributed by atoms with van der Waals surface area (Å²) in [6.45, 7) is 2.52. The van der Waals surface area contributed by atoms with Gasteiger partial charge in [0.05, 0.1) is 0 Å². The fourth-order valence-electron chi connectivity index (χ4n) is 4.60. The number of aryl methyl sites for hydroxylation is 1. The van der Waals surface area contributed by atoms with Crippen molar-refractivity contribution in [2.24, 2.45) is 0 Å². The van der Waals surface area contributed by atoms with Crippen LogP contribution in [0.3, 0.4) is 0 Å². The van der Waals surface area contributed by atoms with Gasteiger partial charge in [0.15, 0.2) is 5.76 Å². The second-order valence-electron chi connectivity index (χ2n) is 8.11. The van der Waals surface area contributed by atoms with Crippen LogP contribution in [0.4, 0.5) is 0 Å². The first-order chi connectivity index (χ1) is 14.2. The highest BCUT2D eigenvalue weighted by atomic mass is 16.5. The third kappa shape index (κ3) is 3.23. The number of carbonyl (C=O) groups is 1. The average molecular weight is 387 g/mol. The largest absolute Gasteiger partial charge is 0.483 e. The molecule has 3 aromatic rings. The van der Waals surface area contributed by atoms with Crippen LogP contribution >= 0.6 is 0 Å². The number of hydrogen-bond donors (Lipinski definition) is 1. The van der Waals surface area contributed by atoms with E-state index in [1.165, 1.54) is 18.4 Å². The number of amides is 1. The molecule has 1 aliphatic carbocycles. The van der Waals surface area contributed by atoms with Crippen LogP contribution in [0.1, 0.15) is 52.9 Å². The quantitative estimate of drug-likeness (QED) is 0.649. The zero-order chi connectivity index (χ0) is 19.8. The van der Waals surface area contributed by atoms with E-state index in [0.29, 0.717) is 12.3 Å². The second-order valence-corrected chi connectivity index (χ2v) is 8.11. The van der Waals surface area contributed by atoms with Crippen molar-refractivity contribution in [3.8, 4) is 5.75 Å². The number of benzene rings is 2. The van der Waals surface area contributed by atoms with Gasteiger partial charge in [0.2, 0.25) is 0 Å². The van der Waals surface area contributed by atoms with E-state index >= 15 is 0 Å². The van der Waals surface area contributed by atoms with E-state index < -0.39 is 0 Å². The van der Waals surface area contributed by atoms with E-state index in [1.807, 2.05) is 37.3 Å². The van der Waals surface area contributed by atoms with Gasteiger partial charge in [0.25, 0.3) is 5.91 Å². The molecule has 1 N–H and O–H groups in total. The third-order valence-corrected chi connectivity index (χ3v) is 6.16. The Labute approximate surface area is 170 Å². The van der Waals surface area contributed by atoms with Crippen molar-refractivity contribution in [3.63, 3.8) is 0 Å². The maximum atomic E-state index is 12.7. The molecule has 4 heteroatoms. The van der Waals surface area contributed by atoms with Crippen molar-refractivity contribution in [2.45, 2.75) is 44.6 Å². The number of furan rings is 1. The number of nitrogens with one attached hydrogen (secondary N) is 1. The SMILES string of the molecule is Cc1c(C(=O)NCCc2ccccc2)oc2ccc3c(c12)C=CC1(CCCC1)O3. The van der Waals surface area contributed by atoms with Gasteiger partial charge in [-0.05, 0) is 62.8 Å². The molecule has 4 nitrogen and oxygen atoms in total. The first-order valence-corrected chi connectivity index (χ1v) is 10.4. The van der Waals surface area contributed by atoms with Gasteiger partial charge in [-0.15, -0.1) is 0 Å². The maximum Gasteiger partial charge on any atom is 0.287 e. The van der Waals surface area contributed by atoms with Crippen molar-refractivity contribution in [1.82, 2.24) is 5.32 Å². The molecular formula is C25H25NO3. The predicted molar refractivity (Wildman–Crippen MR) is 114 cm³/mol. The average Bonchev–Trinajstić information content (AvgIpc) is 3.33. The van der Waals surface area contributed by atoms with E-state index in [1.54, 1.807) is 0 Å². The number of hydrogen-bond acceptors (Lipinski definition) is 3. The van der Waals surface area contributed by atoms with Gasteiger partial charge in [0, 0.05) is 23.1 Å². The zero-order valence-corrected chi connectivity index (χ0v) is 16.7. The Morgan fingerprint density at radius 2 is 1.90 bits per heavy atom. The first kappa shape index (κ1) is 18.0. The molecule has 1 fully saturated rings. The molecule has 1 saturated carbocycles. The van der Waals surface area contributed by atoms with Crippen LogP contribution in [0, 0.1) is 6.92 Å². The monoisotopic (exact) mass is 387 g/mol. The Morgan fingerprint density at radius 3 is 2.69 bits per heavy atom. The Kier molecular flexibility index (Phi) is 4.42. The van der Waals surface area contributed by atoms with E-state index in [-0.39, 0.29) is 11.5 Å². The molecule has 0 radical (unpaired) electrons. The molecule has 148 valence electrons. The molecule has 2 aromatic carbocycles. The molecule has 1 aliphatic heterocycles. The highest BCUT2D eigenvalue weighted by Crippen LogP contribution is 2.44. The van der Waals surface area contributed by atoms with Crippen LogP contribution in [-0.4, -0.2) is 18.1 Å². The molecule has 0 atom stereocenters. The molecule has 2 heterocycles. The summed E-state index contributed by atoms with van der Waals surface area (Å²) in [7, 11) is 0. The summed E-state index contributed by atoms with van der Waals surface area (Å²) >= 11 is 0. The number of ether oxygens (including phenoxy) is 1. The molecule has 0 unspecified atom stereocenters. The third-order valence-electron chi connectivity index (χ3n) is 6.16. The van der Waals surface area contributed by atoms with E-state index in [0.717, 1.165) is 47.1 Å². The lowest BCUT2D eigenvalue weighted by molar-refractivity contribution is 0.0927. The molecule has 1 spiro atoms. The van der Waals surface area contributed by atoms with Crippen molar-refractivity contribution in [2.75, 3.05) is 6.54 Å². The standard InChI is InChI=1S/C25H25NO3/c1-17-22-19-11-15-25(13-5-6-14-25)29-20(19)9-10-21(22)28-23(17)24(27)26-16-12-18-7-3-2-4-8-18/h2-4,7-11,15H,5-6,12-14,16H2,1H3,(H,26,27). The Balaban J connectivity index is 1.39. The van der Waals surface area contributed by atoms with Crippen LogP contribution in [0.25, 0.3) is 17.0 Å². The second kappa shape index (κ2) is 7.11. The van der Waals surface area contributed by atoms with Gasteiger partial charge in [-0.25, -0.2) is 0 Å². The molecule has 0 saturated heterocycles. The van der Waals surface area contributed by atoms with Gasteiger partial charge in [-0.3, -0.25) is 4.79 Å². The van der Waals surface area contributed by atoms with Gasteiger partial charge in [-0.2, -0.15) is 0 Å². The summed E-state index contributed by atoms with van der Waals surface area (Å²) in [6.07, 6.45) is 9.71. The summed E-state index contributed by atoms with van der Waals surface area (Å²) in [5.74, 6) is 1.11. The summed E-state index contributed by atoms with van der Waals surface area (Å²) in [5, 5.41) is 3.96. The lowest BCUT2D eigenvalue weighted by atomic mass is 9.94. The highest BCUT2D eigenvalue weighted by molar-refractivity contribution is 6.02. The normalized spacial score (nSPS) is 16.7. The van der Waals surface area contributed by atoms with Crippen molar-refractivity contribution in [3.05, 3.63) is 71.0 Å². The lowest BCUT2D eigenvalue weighted by Crippen LogP contribution is -2.31. The van der Waals surface area contributed by atoms with Gasteiger partial charge >= 0.3 is 0 Å². The predicted octanol–water partition coefficient (Wildman–Crippen LogP) is 5.43. The van der Waals surface area contributed by atoms with Gasteiger partial charge < -0.3 is 14.5 Å². The van der Waals surface area contributed by atoms with Gasteiger partial charge in [-0.1, -0.05) is 36.4 Å². The van der Waals surface area contributed by atoms with Crippen LogP contribution in [0.15, 0.2) is 53.0 Å². The topological polar surface area (TPSA) is 51.5 Å². The minimum Gasteiger partial charge on any atom is -0.483 e. The fourth-order valence-corrected chi connectivity index (χ4v) is 4.60. The zero-order valence-electron chi connectivity index (χ0n) is 16.7. The van der Waals surface area contributed by atoms with Crippen LogP contribution in [0.5, 0.6) is 5.75 Å². The summed E-state index contributed by atoms with van der Waals surface area (Å²) in [5.41, 5.74) is 3.67. The fraction of sp³-hybridized carbons (Fsp3) is 0.320. The molecule has 2 aliphatic rings. The van der Waals surface area contributed by atoms with E-state index in [9.17, 15) is 4.79 Å². The van der Waals surface area contributed by atoms with Gasteiger partial charge in [0.1, 0.15) is 16.9 Å². The van der Waals surface area contributed by atoms with Crippen molar-refractivity contribution < 1.29 is 13.9 Å². The highest BCUT2D eigenvalue weighted by Gasteiger charge is 2.36. The van der Waals surface area contributed by atoms with Crippen LogP contribution in [-0.2, 0) is 6.42 Å². The lowest BCUT2D eigenvalue weighted by Gasteiger charge is -2.31. The summed E-state index contributed by atoms with van der Waals surface area (Å²) < 4.78 is 12.3. The summed E-state index contributed by atoms with van der Waals surface area (Å²) in [6, 6.07) is 14.0. The minimum atomic E-state index is -0.170.